The molecule has 0 bridgehead atoms. The van der Waals surface area contributed by atoms with Crippen LogP contribution in [0.5, 0.6) is 5.75 Å². The van der Waals surface area contributed by atoms with Crippen LogP contribution in [-0.4, -0.2) is 23.7 Å². The Morgan fingerprint density at radius 2 is 2.08 bits per heavy atom. The monoisotopic (exact) mass is 380 g/mol. The van der Waals surface area contributed by atoms with Crippen molar-refractivity contribution < 1.29 is 14.5 Å². The molecule has 2 aromatic rings. The number of benzene rings is 2. The van der Waals surface area contributed by atoms with E-state index in [1.165, 1.54) is 24.9 Å². The van der Waals surface area contributed by atoms with Crippen molar-refractivity contribution in [2.24, 2.45) is 0 Å². The van der Waals surface area contributed by atoms with Crippen molar-refractivity contribution in [2.45, 2.75) is 12.7 Å². The third kappa shape index (κ3) is 5.37. The number of anilines is 1. The van der Waals surface area contributed by atoms with Crippen LogP contribution >= 0.6 is 23.4 Å². The van der Waals surface area contributed by atoms with Crippen LogP contribution < -0.4 is 10.1 Å². The predicted molar refractivity (Wildman–Crippen MR) is 101 cm³/mol. The summed E-state index contributed by atoms with van der Waals surface area (Å²) < 4.78 is 4.97. The average Bonchev–Trinajstić information content (AvgIpc) is 2.57. The van der Waals surface area contributed by atoms with Gasteiger partial charge in [-0.1, -0.05) is 17.7 Å². The lowest BCUT2D eigenvalue weighted by Gasteiger charge is -2.09. The fraction of sp³-hybridized carbons (Fsp3) is 0.235. The van der Waals surface area contributed by atoms with Crippen LogP contribution in [0.15, 0.2) is 36.4 Å². The normalized spacial score (nSPS) is 10.4. The second-order valence-electron chi connectivity index (χ2n) is 5.26. The zero-order valence-corrected chi connectivity index (χ0v) is 15.3. The van der Waals surface area contributed by atoms with Gasteiger partial charge in [0.1, 0.15) is 0 Å². The topological polar surface area (TPSA) is 81.5 Å². The maximum atomic E-state index is 12.0. The Morgan fingerprint density at radius 1 is 1.32 bits per heavy atom. The van der Waals surface area contributed by atoms with E-state index in [4.69, 9.17) is 16.3 Å². The lowest BCUT2D eigenvalue weighted by atomic mass is 10.2. The predicted octanol–water partition coefficient (Wildman–Crippen LogP) is 4.44. The summed E-state index contributed by atoms with van der Waals surface area (Å²) in [7, 11) is 1.39. The molecule has 0 radical (unpaired) electrons. The average molecular weight is 381 g/mol. The molecule has 1 N–H and O–H groups in total. The van der Waals surface area contributed by atoms with Gasteiger partial charge in [-0.3, -0.25) is 14.9 Å². The maximum absolute atomic E-state index is 12.0. The minimum Gasteiger partial charge on any atom is -0.490 e. The molecule has 2 rings (SSSR count). The van der Waals surface area contributed by atoms with Gasteiger partial charge in [-0.25, -0.2) is 0 Å². The van der Waals surface area contributed by atoms with Crippen LogP contribution in [0.2, 0.25) is 5.02 Å². The van der Waals surface area contributed by atoms with Gasteiger partial charge in [0.2, 0.25) is 5.91 Å². The summed E-state index contributed by atoms with van der Waals surface area (Å²) in [5, 5.41) is 14.5. The number of aryl methyl sites for hydroxylation is 1. The fourth-order valence-electron chi connectivity index (χ4n) is 2.18. The summed E-state index contributed by atoms with van der Waals surface area (Å²) in [5.41, 5.74) is 2.28. The van der Waals surface area contributed by atoms with E-state index in [1.807, 2.05) is 6.92 Å². The van der Waals surface area contributed by atoms with Gasteiger partial charge in [0, 0.05) is 22.5 Å². The number of hydrogen-bond acceptors (Lipinski definition) is 5. The number of nitrogens with zero attached hydrogens (tertiary/aromatic N) is 1. The van der Waals surface area contributed by atoms with E-state index >= 15 is 0 Å². The number of amides is 1. The second-order valence-corrected chi connectivity index (χ2v) is 6.69. The van der Waals surface area contributed by atoms with Crippen molar-refractivity contribution in [3.63, 3.8) is 0 Å². The Bertz CT molecular complexity index is 798. The number of carbonyl (C=O) groups is 1. The van der Waals surface area contributed by atoms with Gasteiger partial charge in [0.05, 0.1) is 17.8 Å². The molecule has 0 spiro atoms. The summed E-state index contributed by atoms with van der Waals surface area (Å²) >= 11 is 7.26. The van der Waals surface area contributed by atoms with E-state index in [0.29, 0.717) is 10.8 Å². The Kier molecular flexibility index (Phi) is 6.66. The molecule has 0 saturated carbocycles. The molecule has 0 saturated heterocycles. The van der Waals surface area contributed by atoms with Gasteiger partial charge in [0.25, 0.3) is 0 Å². The van der Waals surface area contributed by atoms with Crippen molar-refractivity contribution in [1.29, 1.82) is 0 Å². The number of ether oxygens (including phenoxy) is 1. The summed E-state index contributed by atoms with van der Waals surface area (Å²) in [4.78, 5) is 22.6. The van der Waals surface area contributed by atoms with Crippen LogP contribution in [0, 0.1) is 17.0 Å². The summed E-state index contributed by atoms with van der Waals surface area (Å²) in [6.45, 7) is 1.87. The molecule has 0 atom stereocenters. The number of methoxy groups -OCH3 is 1. The van der Waals surface area contributed by atoms with Gasteiger partial charge in [0.15, 0.2) is 5.75 Å². The van der Waals surface area contributed by atoms with Gasteiger partial charge < -0.3 is 10.1 Å². The van der Waals surface area contributed by atoms with Crippen molar-refractivity contribution >= 4 is 40.6 Å². The van der Waals surface area contributed by atoms with Gasteiger partial charge >= 0.3 is 5.69 Å². The van der Waals surface area contributed by atoms with Gasteiger partial charge in [-0.2, -0.15) is 0 Å². The van der Waals surface area contributed by atoms with E-state index < -0.39 is 4.92 Å². The number of nitrogens with one attached hydrogen (secondary N) is 1. The van der Waals surface area contributed by atoms with Crippen molar-refractivity contribution in [2.75, 3.05) is 18.2 Å². The number of hydrogen-bond donors (Lipinski definition) is 1. The Balaban J connectivity index is 1.91. The van der Waals surface area contributed by atoms with Crippen LogP contribution in [0.3, 0.4) is 0 Å². The number of carbonyl (C=O) groups excluding carboxylic acids is 1. The number of nitro benzene ring substituents is 1. The van der Waals surface area contributed by atoms with Crippen LogP contribution in [0.1, 0.15) is 11.1 Å². The number of thioether (sulfide) groups is 1. The minimum atomic E-state index is -0.483. The van der Waals surface area contributed by atoms with Crippen molar-refractivity contribution in [1.82, 2.24) is 0 Å². The molecular formula is C17H17ClN2O4S. The molecule has 0 aromatic heterocycles. The van der Waals surface area contributed by atoms with E-state index in [9.17, 15) is 14.9 Å². The molecule has 6 nitrogen and oxygen atoms in total. The summed E-state index contributed by atoms with van der Waals surface area (Å²) in [5.74, 6) is 0.799. The summed E-state index contributed by atoms with van der Waals surface area (Å²) in [6, 6.07) is 10.0. The van der Waals surface area contributed by atoms with E-state index in [0.717, 1.165) is 16.8 Å². The molecule has 0 aliphatic heterocycles. The van der Waals surface area contributed by atoms with E-state index in [1.54, 1.807) is 30.3 Å². The van der Waals surface area contributed by atoms with Crippen LogP contribution in [0.25, 0.3) is 0 Å². The van der Waals surface area contributed by atoms with E-state index in [2.05, 4.69) is 5.32 Å². The summed E-state index contributed by atoms with van der Waals surface area (Å²) in [6.07, 6.45) is 0. The number of nitro groups is 1. The molecule has 0 aliphatic carbocycles. The maximum Gasteiger partial charge on any atom is 0.311 e. The number of rotatable bonds is 7. The standard InChI is InChI=1S/C17H17ClN2O4S/c1-11-7-13(18)4-5-14(11)19-17(21)10-25-9-12-3-6-16(24-2)15(8-12)20(22)23/h3-8H,9-10H2,1-2H3,(H,19,21). The van der Waals surface area contributed by atoms with Crippen molar-refractivity contribution in [3.8, 4) is 5.75 Å². The molecule has 1 amide bonds. The molecule has 0 unspecified atom stereocenters. The highest BCUT2D eigenvalue weighted by Crippen LogP contribution is 2.29. The molecular weight excluding hydrogens is 364 g/mol. The first-order chi connectivity index (χ1) is 11.9. The molecule has 0 heterocycles. The first-order valence-corrected chi connectivity index (χ1v) is 8.89. The Labute approximate surface area is 154 Å². The van der Waals surface area contributed by atoms with E-state index in [-0.39, 0.29) is 23.1 Å². The Morgan fingerprint density at radius 3 is 2.72 bits per heavy atom. The zero-order valence-electron chi connectivity index (χ0n) is 13.7. The molecule has 8 heteroatoms. The smallest absolute Gasteiger partial charge is 0.311 e. The molecule has 132 valence electrons. The Hall–Kier alpha value is -2.25. The first kappa shape index (κ1) is 19.1. The first-order valence-electron chi connectivity index (χ1n) is 7.35. The lowest BCUT2D eigenvalue weighted by molar-refractivity contribution is -0.385. The van der Waals surface area contributed by atoms with Crippen LogP contribution in [-0.2, 0) is 10.5 Å². The zero-order chi connectivity index (χ0) is 18.4. The highest BCUT2D eigenvalue weighted by molar-refractivity contribution is 7.99. The van der Waals surface area contributed by atoms with Gasteiger partial charge in [-0.15, -0.1) is 11.8 Å². The molecule has 2 aromatic carbocycles. The van der Waals surface area contributed by atoms with Gasteiger partial charge in [-0.05, 0) is 42.3 Å². The molecule has 0 fully saturated rings. The van der Waals surface area contributed by atoms with Crippen molar-refractivity contribution in [3.05, 3.63) is 62.7 Å². The third-order valence-corrected chi connectivity index (χ3v) is 4.64. The fourth-order valence-corrected chi connectivity index (χ4v) is 3.18. The number of halogens is 1. The minimum absolute atomic E-state index is 0.0816. The molecule has 0 aliphatic rings. The van der Waals surface area contributed by atoms with Crippen LogP contribution in [0.4, 0.5) is 11.4 Å². The SMILES string of the molecule is COc1ccc(CSCC(=O)Nc2ccc(Cl)cc2C)cc1[N+](=O)[O-]. The lowest BCUT2D eigenvalue weighted by Crippen LogP contribution is -2.15. The quantitative estimate of drug-likeness (QED) is 0.567. The second kappa shape index (κ2) is 8.73. The largest absolute Gasteiger partial charge is 0.490 e. The molecule has 25 heavy (non-hydrogen) atoms. The highest BCUT2D eigenvalue weighted by Gasteiger charge is 2.15. The third-order valence-electron chi connectivity index (χ3n) is 3.40. The highest BCUT2D eigenvalue weighted by atomic mass is 35.5.